The van der Waals surface area contributed by atoms with Gasteiger partial charge in [0.05, 0.1) is 28.5 Å². The molecule has 186 valence electrons. The molecule has 1 aliphatic rings. The van der Waals surface area contributed by atoms with Gasteiger partial charge < -0.3 is 10.1 Å². The maximum atomic E-state index is 6.66. The summed E-state index contributed by atoms with van der Waals surface area (Å²) in [6.07, 6.45) is 2.57. The number of aromatic amines is 1. The third-order valence-electron chi connectivity index (χ3n) is 6.58. The predicted octanol–water partition coefficient (Wildman–Crippen LogP) is 8.97. The molecule has 0 saturated carbocycles. The highest BCUT2D eigenvalue weighted by atomic mass is 35.5. The first-order valence-electron chi connectivity index (χ1n) is 11.9. The Morgan fingerprint density at radius 3 is 2.49 bits per heavy atom. The van der Waals surface area contributed by atoms with Crippen molar-refractivity contribution in [3.8, 4) is 28.3 Å². The van der Waals surface area contributed by atoms with Crippen LogP contribution in [-0.2, 0) is 0 Å². The van der Waals surface area contributed by atoms with Crippen LogP contribution in [0.5, 0.6) is 5.88 Å². The highest BCUT2D eigenvalue weighted by Gasteiger charge is 2.36. The molecule has 0 bridgehead atoms. The predicted molar refractivity (Wildman–Crippen MR) is 152 cm³/mol. The Balaban J connectivity index is 1.52. The van der Waals surface area contributed by atoms with Gasteiger partial charge >= 0.3 is 0 Å². The Bertz CT molecular complexity index is 1630. The Morgan fingerprint density at radius 2 is 1.70 bits per heavy atom. The van der Waals surface area contributed by atoms with Gasteiger partial charge in [0.25, 0.3) is 0 Å². The molecular formula is C29H23Cl3N4O. The van der Waals surface area contributed by atoms with E-state index >= 15 is 0 Å². The number of anilines is 1. The average molecular weight is 550 g/mol. The number of ether oxygens (including phenoxy) is 1. The van der Waals surface area contributed by atoms with Gasteiger partial charge in [0.15, 0.2) is 0 Å². The van der Waals surface area contributed by atoms with Crippen molar-refractivity contribution < 1.29 is 4.74 Å². The van der Waals surface area contributed by atoms with Gasteiger partial charge in [-0.15, -0.1) is 0 Å². The highest BCUT2D eigenvalue weighted by Crippen LogP contribution is 2.46. The maximum Gasteiger partial charge on any atom is 0.219 e. The molecule has 0 amide bonds. The number of rotatable bonds is 4. The van der Waals surface area contributed by atoms with E-state index in [9.17, 15) is 0 Å². The normalized spacial score (nSPS) is 16.3. The molecule has 1 atom stereocenters. The standard InChI is InChI=1S/C29H23Cl3N4O/c1-29(2)14-26(34-20-9-5-17-15-33-36-25(17)12-20)23-13-22(16-3-6-18(30)7-4-16)27(35-28(23)37-29)21-10-8-19(31)11-24(21)32/h3-13,15,26,34H,14H2,1-2H3,(H,33,36)/t26-/m1/s1. The molecule has 5 aromatic rings. The van der Waals surface area contributed by atoms with E-state index < -0.39 is 5.60 Å². The van der Waals surface area contributed by atoms with Gasteiger partial charge in [-0.2, -0.15) is 5.10 Å². The third kappa shape index (κ3) is 4.75. The second kappa shape index (κ2) is 9.25. The van der Waals surface area contributed by atoms with Crippen LogP contribution in [0.15, 0.2) is 72.9 Å². The fourth-order valence-corrected chi connectivity index (χ4v) is 5.47. The molecule has 0 radical (unpaired) electrons. The van der Waals surface area contributed by atoms with Crippen LogP contribution in [0.25, 0.3) is 33.3 Å². The summed E-state index contributed by atoms with van der Waals surface area (Å²) in [5.41, 5.74) is 5.91. The van der Waals surface area contributed by atoms with Crippen molar-refractivity contribution in [1.29, 1.82) is 0 Å². The van der Waals surface area contributed by atoms with Gasteiger partial charge in [0, 0.05) is 44.2 Å². The van der Waals surface area contributed by atoms with Crippen molar-refractivity contribution >= 4 is 51.4 Å². The lowest BCUT2D eigenvalue weighted by atomic mass is 9.88. The SMILES string of the molecule is CC1(C)C[C@@H](Nc2ccc3cn[nH]c3c2)c2cc(-c3ccc(Cl)cc3)c(-c3ccc(Cl)cc3Cl)nc2O1. The summed E-state index contributed by atoms with van der Waals surface area (Å²) in [5.74, 6) is 0.579. The fourth-order valence-electron chi connectivity index (χ4n) is 4.84. The van der Waals surface area contributed by atoms with Crippen molar-refractivity contribution in [2.45, 2.75) is 31.9 Å². The number of H-pyrrole nitrogens is 1. The molecule has 0 spiro atoms. The molecular weight excluding hydrogens is 527 g/mol. The van der Waals surface area contributed by atoms with Crippen LogP contribution in [0, 0.1) is 0 Å². The molecule has 1 aliphatic heterocycles. The zero-order valence-electron chi connectivity index (χ0n) is 20.1. The van der Waals surface area contributed by atoms with Crippen LogP contribution in [0.1, 0.15) is 31.9 Å². The molecule has 0 fully saturated rings. The van der Waals surface area contributed by atoms with E-state index in [1.54, 1.807) is 6.07 Å². The monoisotopic (exact) mass is 548 g/mol. The molecule has 8 heteroatoms. The number of fused-ring (bicyclic) bond motifs is 2. The van der Waals surface area contributed by atoms with Crippen LogP contribution >= 0.6 is 34.8 Å². The Morgan fingerprint density at radius 1 is 0.919 bits per heavy atom. The van der Waals surface area contributed by atoms with Crippen LogP contribution in [0.2, 0.25) is 15.1 Å². The number of hydrogen-bond donors (Lipinski definition) is 2. The molecule has 0 aliphatic carbocycles. The van der Waals surface area contributed by atoms with Crippen molar-refractivity contribution in [2.75, 3.05) is 5.32 Å². The topological polar surface area (TPSA) is 62.8 Å². The van der Waals surface area contributed by atoms with Crippen LogP contribution in [-0.4, -0.2) is 20.8 Å². The summed E-state index contributed by atoms with van der Waals surface area (Å²) in [6, 6.07) is 21.5. The number of nitrogens with zero attached hydrogens (tertiary/aromatic N) is 2. The molecule has 2 aromatic heterocycles. The number of halogens is 3. The lowest BCUT2D eigenvalue weighted by molar-refractivity contribution is 0.0699. The minimum atomic E-state index is -0.432. The van der Waals surface area contributed by atoms with Crippen molar-refractivity contribution in [3.63, 3.8) is 0 Å². The first-order valence-corrected chi connectivity index (χ1v) is 13.0. The lowest BCUT2D eigenvalue weighted by Gasteiger charge is -2.38. The first kappa shape index (κ1) is 24.1. The van der Waals surface area contributed by atoms with E-state index in [1.165, 1.54) is 0 Å². The first-order chi connectivity index (χ1) is 17.8. The zero-order valence-corrected chi connectivity index (χ0v) is 22.4. The number of hydrogen-bond acceptors (Lipinski definition) is 4. The van der Waals surface area contributed by atoms with E-state index in [0.717, 1.165) is 51.0 Å². The maximum absolute atomic E-state index is 6.66. The van der Waals surface area contributed by atoms with E-state index in [0.29, 0.717) is 20.9 Å². The summed E-state index contributed by atoms with van der Waals surface area (Å²) in [6.45, 7) is 4.15. The van der Waals surface area contributed by atoms with E-state index in [-0.39, 0.29) is 6.04 Å². The minimum Gasteiger partial charge on any atom is -0.471 e. The average Bonchev–Trinajstić information content (AvgIpc) is 3.31. The summed E-state index contributed by atoms with van der Waals surface area (Å²) >= 11 is 19.1. The Hall–Kier alpha value is -3.25. The van der Waals surface area contributed by atoms with Crippen LogP contribution in [0.3, 0.4) is 0 Å². The zero-order chi connectivity index (χ0) is 25.7. The highest BCUT2D eigenvalue weighted by molar-refractivity contribution is 6.36. The summed E-state index contributed by atoms with van der Waals surface area (Å²) < 4.78 is 6.42. The smallest absolute Gasteiger partial charge is 0.219 e. The van der Waals surface area contributed by atoms with Gasteiger partial charge in [-0.25, -0.2) is 4.98 Å². The van der Waals surface area contributed by atoms with Gasteiger partial charge in [-0.1, -0.05) is 46.9 Å². The number of aromatic nitrogens is 3. The Kier molecular flexibility index (Phi) is 6.03. The second-order valence-electron chi connectivity index (χ2n) is 9.84. The molecule has 0 unspecified atom stereocenters. The van der Waals surface area contributed by atoms with Crippen LogP contribution < -0.4 is 10.1 Å². The number of pyridine rings is 1. The lowest BCUT2D eigenvalue weighted by Crippen LogP contribution is -2.37. The van der Waals surface area contributed by atoms with Gasteiger partial charge in [0.1, 0.15) is 5.60 Å². The van der Waals surface area contributed by atoms with Gasteiger partial charge in [-0.05, 0) is 74.0 Å². The number of nitrogens with one attached hydrogen (secondary N) is 2. The quantitative estimate of drug-likeness (QED) is 0.235. The molecule has 3 aromatic carbocycles. The summed E-state index contributed by atoms with van der Waals surface area (Å²) in [5, 5.41) is 13.7. The summed E-state index contributed by atoms with van der Waals surface area (Å²) in [4.78, 5) is 5.06. The van der Waals surface area contributed by atoms with Gasteiger partial charge in [-0.3, -0.25) is 5.10 Å². The van der Waals surface area contributed by atoms with Crippen molar-refractivity contribution in [2.24, 2.45) is 0 Å². The fraction of sp³-hybridized carbons (Fsp3) is 0.172. The van der Waals surface area contributed by atoms with E-state index in [4.69, 9.17) is 44.5 Å². The third-order valence-corrected chi connectivity index (χ3v) is 7.38. The molecule has 6 rings (SSSR count). The Labute approximate surface area is 229 Å². The molecule has 2 N–H and O–H groups in total. The van der Waals surface area contributed by atoms with Crippen molar-refractivity contribution in [3.05, 3.63) is 93.6 Å². The molecule has 5 nitrogen and oxygen atoms in total. The molecule has 37 heavy (non-hydrogen) atoms. The minimum absolute atomic E-state index is 0.0348. The van der Waals surface area contributed by atoms with E-state index in [1.807, 2.05) is 42.6 Å². The van der Waals surface area contributed by atoms with Crippen molar-refractivity contribution in [1.82, 2.24) is 15.2 Å². The molecule has 3 heterocycles. The second-order valence-corrected chi connectivity index (χ2v) is 11.1. The van der Waals surface area contributed by atoms with Crippen LogP contribution in [0.4, 0.5) is 5.69 Å². The molecule has 0 saturated heterocycles. The largest absolute Gasteiger partial charge is 0.471 e. The number of benzene rings is 3. The summed E-state index contributed by atoms with van der Waals surface area (Å²) in [7, 11) is 0. The van der Waals surface area contributed by atoms with Gasteiger partial charge in [0.2, 0.25) is 5.88 Å². The van der Waals surface area contributed by atoms with E-state index in [2.05, 4.69) is 53.6 Å².